The van der Waals surface area contributed by atoms with Gasteiger partial charge in [-0.25, -0.2) is 0 Å². The van der Waals surface area contributed by atoms with Crippen molar-refractivity contribution in [2.45, 2.75) is 45.1 Å². The fourth-order valence-electron chi connectivity index (χ4n) is 3.32. The van der Waals surface area contributed by atoms with Crippen molar-refractivity contribution < 1.29 is 14.6 Å². The van der Waals surface area contributed by atoms with Gasteiger partial charge in [0.25, 0.3) is 0 Å². The van der Waals surface area contributed by atoms with Gasteiger partial charge in [-0.15, -0.1) is 0 Å². The highest BCUT2D eigenvalue weighted by Crippen LogP contribution is 2.36. The fourth-order valence-corrected chi connectivity index (χ4v) is 3.32. The Morgan fingerprint density at radius 3 is 2.80 bits per heavy atom. The zero-order valence-electron chi connectivity index (χ0n) is 14.8. The molecule has 1 heterocycles. The maximum atomic E-state index is 12.1. The Kier molecular flexibility index (Phi) is 5.27. The summed E-state index contributed by atoms with van der Waals surface area (Å²) in [5.41, 5.74) is 2.38. The van der Waals surface area contributed by atoms with Gasteiger partial charge in [-0.1, -0.05) is 37.3 Å². The zero-order valence-corrected chi connectivity index (χ0v) is 14.8. The lowest BCUT2D eigenvalue weighted by molar-refractivity contribution is 0.0972. The quantitative estimate of drug-likeness (QED) is 0.746. The average Bonchev–Trinajstić information content (AvgIpc) is 2.58. The largest absolute Gasteiger partial charge is 0.507 e. The van der Waals surface area contributed by atoms with Crippen LogP contribution in [-0.2, 0) is 0 Å². The third kappa shape index (κ3) is 4.13. The lowest BCUT2D eigenvalue weighted by Gasteiger charge is -2.24. The Labute approximate surface area is 148 Å². The first-order chi connectivity index (χ1) is 12.0. The number of hydrogen-bond acceptors (Lipinski definition) is 4. The minimum atomic E-state index is -0.0259. The zero-order chi connectivity index (χ0) is 17.8. The number of ketones is 1. The molecule has 0 aromatic heterocycles. The molecule has 0 aliphatic carbocycles. The first-order valence-corrected chi connectivity index (χ1v) is 8.89. The van der Waals surface area contributed by atoms with Gasteiger partial charge in [-0.2, -0.15) is 0 Å². The van der Waals surface area contributed by atoms with Gasteiger partial charge >= 0.3 is 0 Å². The third-order valence-corrected chi connectivity index (χ3v) is 4.68. The molecule has 0 saturated heterocycles. The van der Waals surface area contributed by atoms with Crippen LogP contribution in [0.4, 0.5) is 5.69 Å². The molecule has 0 saturated carbocycles. The lowest BCUT2D eigenvalue weighted by atomic mass is 9.96. The van der Waals surface area contributed by atoms with Gasteiger partial charge in [0.05, 0.1) is 17.9 Å². The minimum absolute atomic E-state index is 0.00504. The summed E-state index contributed by atoms with van der Waals surface area (Å²) in [5, 5.41) is 13.4. The Bertz CT molecular complexity index is 742. The molecule has 25 heavy (non-hydrogen) atoms. The summed E-state index contributed by atoms with van der Waals surface area (Å²) in [5.74, 6) is 1.05. The number of benzene rings is 2. The summed E-state index contributed by atoms with van der Waals surface area (Å²) in [4.78, 5) is 12.1. The van der Waals surface area contributed by atoms with E-state index in [0.29, 0.717) is 35.9 Å². The molecule has 0 spiro atoms. The summed E-state index contributed by atoms with van der Waals surface area (Å²) in [6.07, 6.45) is 2.36. The van der Waals surface area contributed by atoms with Gasteiger partial charge < -0.3 is 15.2 Å². The molecular formula is C21H25NO3. The number of phenols is 1. The maximum Gasteiger partial charge on any atom is 0.170 e. The number of fused-ring (bicyclic) bond motifs is 1. The van der Waals surface area contributed by atoms with Crippen molar-refractivity contribution in [2.75, 3.05) is 11.9 Å². The molecule has 2 atom stereocenters. The van der Waals surface area contributed by atoms with Crippen LogP contribution in [0.5, 0.6) is 11.5 Å². The number of phenolic OH excluding ortho intramolecular Hbond substituents is 1. The van der Waals surface area contributed by atoms with Crippen molar-refractivity contribution in [2.24, 2.45) is 0 Å². The number of hydrogen-bond donors (Lipinski definition) is 2. The van der Waals surface area contributed by atoms with Crippen molar-refractivity contribution in [3.8, 4) is 11.5 Å². The number of nitrogens with one attached hydrogen (secondary N) is 1. The molecule has 0 amide bonds. The van der Waals surface area contributed by atoms with E-state index in [9.17, 15) is 9.90 Å². The molecule has 2 N–H and O–H groups in total. The highest BCUT2D eigenvalue weighted by Gasteiger charge is 2.25. The SMILES string of the molecule is CC1CC(=O)c2c(O)cc(OCCCC(C)c3ccccc3)cc2N1. The average molecular weight is 339 g/mol. The number of carbonyl (C=O) groups excluding carboxylic acids is 1. The topological polar surface area (TPSA) is 58.6 Å². The van der Waals surface area contributed by atoms with Crippen molar-refractivity contribution in [3.05, 3.63) is 53.6 Å². The normalized spacial score (nSPS) is 17.5. The highest BCUT2D eigenvalue weighted by molar-refractivity contribution is 6.06. The number of Topliss-reactive ketones (excluding diaryl/α,β-unsaturated/α-hetero) is 1. The molecule has 1 aliphatic heterocycles. The van der Waals surface area contributed by atoms with Crippen LogP contribution in [0.1, 0.15) is 54.9 Å². The number of rotatable bonds is 6. The first kappa shape index (κ1) is 17.3. The van der Waals surface area contributed by atoms with Crippen molar-refractivity contribution in [1.82, 2.24) is 0 Å². The molecule has 4 heteroatoms. The van der Waals surface area contributed by atoms with Gasteiger partial charge in [-0.3, -0.25) is 4.79 Å². The van der Waals surface area contributed by atoms with Crippen LogP contribution in [0.15, 0.2) is 42.5 Å². The summed E-state index contributed by atoms with van der Waals surface area (Å²) in [6, 6.07) is 13.9. The Balaban J connectivity index is 1.56. The van der Waals surface area contributed by atoms with Crippen molar-refractivity contribution >= 4 is 11.5 Å². The minimum Gasteiger partial charge on any atom is -0.507 e. The summed E-state index contributed by atoms with van der Waals surface area (Å²) >= 11 is 0. The summed E-state index contributed by atoms with van der Waals surface area (Å²) in [6.45, 7) is 4.76. The maximum absolute atomic E-state index is 12.1. The molecule has 1 aliphatic rings. The van der Waals surface area contributed by atoms with E-state index < -0.39 is 0 Å². The second kappa shape index (κ2) is 7.60. The fraction of sp³-hybridized carbons (Fsp3) is 0.381. The van der Waals surface area contributed by atoms with E-state index in [0.717, 1.165) is 12.8 Å². The van der Waals surface area contributed by atoms with E-state index in [4.69, 9.17) is 4.74 Å². The lowest BCUT2D eigenvalue weighted by Crippen LogP contribution is -2.26. The Morgan fingerprint density at radius 1 is 1.28 bits per heavy atom. The van der Waals surface area contributed by atoms with Crippen LogP contribution >= 0.6 is 0 Å². The Hall–Kier alpha value is -2.49. The van der Waals surface area contributed by atoms with Crippen LogP contribution in [0.3, 0.4) is 0 Å². The Morgan fingerprint density at radius 2 is 2.04 bits per heavy atom. The van der Waals surface area contributed by atoms with Crippen LogP contribution in [0.2, 0.25) is 0 Å². The van der Waals surface area contributed by atoms with Gasteiger partial charge in [0, 0.05) is 24.6 Å². The number of aromatic hydroxyl groups is 1. The molecule has 0 bridgehead atoms. The standard InChI is InChI=1S/C21H25NO3/c1-14(16-8-4-3-5-9-16)7-6-10-25-17-12-18-21(20(24)13-17)19(23)11-15(2)22-18/h3-5,8-9,12-15,22,24H,6-7,10-11H2,1-2H3. The van der Waals surface area contributed by atoms with Crippen molar-refractivity contribution in [3.63, 3.8) is 0 Å². The number of ether oxygens (including phenoxy) is 1. The summed E-state index contributed by atoms with van der Waals surface area (Å²) in [7, 11) is 0. The molecule has 0 fully saturated rings. The van der Waals surface area contributed by atoms with Crippen LogP contribution in [0, 0.1) is 0 Å². The molecule has 132 valence electrons. The second-order valence-electron chi connectivity index (χ2n) is 6.84. The van der Waals surface area contributed by atoms with Crippen LogP contribution in [0.25, 0.3) is 0 Å². The van der Waals surface area contributed by atoms with Gasteiger partial charge in [-0.05, 0) is 31.2 Å². The predicted molar refractivity (Wildman–Crippen MR) is 99.7 cm³/mol. The van der Waals surface area contributed by atoms with Gasteiger partial charge in [0.1, 0.15) is 11.5 Å². The molecule has 2 aromatic rings. The van der Waals surface area contributed by atoms with E-state index in [1.807, 2.05) is 19.1 Å². The molecular weight excluding hydrogens is 314 g/mol. The van der Waals surface area contributed by atoms with E-state index >= 15 is 0 Å². The van der Waals surface area contributed by atoms with E-state index in [1.165, 1.54) is 11.6 Å². The van der Waals surface area contributed by atoms with E-state index in [-0.39, 0.29) is 17.6 Å². The van der Waals surface area contributed by atoms with Gasteiger partial charge in [0.15, 0.2) is 5.78 Å². The first-order valence-electron chi connectivity index (χ1n) is 8.89. The number of carbonyl (C=O) groups is 1. The molecule has 2 aromatic carbocycles. The molecule has 4 nitrogen and oxygen atoms in total. The monoisotopic (exact) mass is 339 g/mol. The predicted octanol–water partition coefficient (Wildman–Crippen LogP) is 4.74. The van der Waals surface area contributed by atoms with Crippen molar-refractivity contribution in [1.29, 1.82) is 0 Å². The number of anilines is 1. The molecule has 0 radical (unpaired) electrons. The van der Waals surface area contributed by atoms with Gasteiger partial charge in [0.2, 0.25) is 0 Å². The third-order valence-electron chi connectivity index (χ3n) is 4.68. The molecule has 3 rings (SSSR count). The highest BCUT2D eigenvalue weighted by atomic mass is 16.5. The van der Waals surface area contributed by atoms with Crippen LogP contribution in [-0.4, -0.2) is 23.5 Å². The van der Waals surface area contributed by atoms with E-state index in [1.54, 1.807) is 0 Å². The van der Waals surface area contributed by atoms with E-state index in [2.05, 4.69) is 36.5 Å². The van der Waals surface area contributed by atoms with Crippen LogP contribution < -0.4 is 10.1 Å². The molecule has 2 unspecified atom stereocenters. The summed E-state index contributed by atoms with van der Waals surface area (Å²) < 4.78 is 5.80. The smallest absolute Gasteiger partial charge is 0.170 e. The second-order valence-corrected chi connectivity index (χ2v) is 6.84.